The van der Waals surface area contributed by atoms with Gasteiger partial charge in [-0.2, -0.15) is 0 Å². The Morgan fingerprint density at radius 3 is 2.05 bits per heavy atom. The zero-order valence-electron chi connectivity index (χ0n) is 10.1. The van der Waals surface area contributed by atoms with Gasteiger partial charge >= 0.3 is 0 Å². The molecule has 0 aliphatic heterocycles. The van der Waals surface area contributed by atoms with Crippen molar-refractivity contribution >= 4 is 17.6 Å². The van der Waals surface area contributed by atoms with Gasteiger partial charge < -0.3 is 5.32 Å². The summed E-state index contributed by atoms with van der Waals surface area (Å²) in [5, 5.41) is 2.97. The van der Waals surface area contributed by atoms with Crippen LogP contribution in [0.15, 0.2) is 65.8 Å². The molecule has 2 rings (SSSR count). The average Bonchev–Trinajstić information content (AvgIpc) is 2.43. The summed E-state index contributed by atoms with van der Waals surface area (Å²) in [4.78, 5) is 4.11. The molecule has 0 saturated carbocycles. The Kier molecular flexibility index (Phi) is 4.39. The Morgan fingerprint density at radius 1 is 0.842 bits per heavy atom. The van der Waals surface area contributed by atoms with Crippen molar-refractivity contribution < 1.29 is 8.78 Å². The highest BCUT2D eigenvalue weighted by Gasteiger charge is 1.89. The molecule has 4 heteroatoms. The molecule has 2 aromatic rings. The van der Waals surface area contributed by atoms with Crippen molar-refractivity contribution in [1.29, 1.82) is 0 Å². The largest absolute Gasteiger partial charge is 0.362 e. The second kappa shape index (κ2) is 6.44. The van der Waals surface area contributed by atoms with Crippen LogP contribution in [0.5, 0.6) is 0 Å². The Labute approximate surface area is 110 Å². The lowest BCUT2D eigenvalue weighted by Crippen LogP contribution is -1.86. The molecule has 0 aromatic heterocycles. The third-order valence-electron chi connectivity index (χ3n) is 2.33. The van der Waals surface area contributed by atoms with Crippen LogP contribution in [-0.4, -0.2) is 6.21 Å². The third-order valence-corrected chi connectivity index (χ3v) is 2.33. The van der Waals surface area contributed by atoms with Crippen LogP contribution in [0.25, 0.3) is 0 Å². The fraction of sp³-hybridized carbons (Fsp3) is 0. The highest BCUT2D eigenvalue weighted by atomic mass is 19.1. The smallest absolute Gasteiger partial charge is 0.123 e. The molecule has 0 atom stereocenters. The fourth-order valence-corrected chi connectivity index (χ4v) is 1.39. The van der Waals surface area contributed by atoms with E-state index < -0.39 is 0 Å². The van der Waals surface area contributed by atoms with Crippen LogP contribution in [0.1, 0.15) is 0 Å². The molecule has 0 radical (unpaired) electrons. The molecule has 0 bridgehead atoms. The molecular weight excluding hydrogens is 246 g/mol. The van der Waals surface area contributed by atoms with Crippen molar-refractivity contribution in [1.82, 2.24) is 0 Å². The Balaban J connectivity index is 1.86. The van der Waals surface area contributed by atoms with Crippen molar-refractivity contribution in [3.05, 3.63) is 72.4 Å². The van der Waals surface area contributed by atoms with E-state index in [-0.39, 0.29) is 11.6 Å². The number of nitrogens with one attached hydrogen (secondary N) is 1. The minimum Gasteiger partial charge on any atom is -0.362 e. The SMILES string of the molecule is Fc1ccc(N=C/C=C/Nc2ccc(F)cc2)cc1. The number of halogens is 2. The van der Waals surface area contributed by atoms with E-state index >= 15 is 0 Å². The number of nitrogens with zero attached hydrogens (tertiary/aromatic N) is 1. The minimum atomic E-state index is -0.285. The van der Waals surface area contributed by atoms with Gasteiger partial charge in [-0.3, -0.25) is 4.99 Å². The molecule has 0 amide bonds. The van der Waals surface area contributed by atoms with Gasteiger partial charge in [-0.15, -0.1) is 0 Å². The molecular formula is C15H12F2N2. The monoisotopic (exact) mass is 258 g/mol. The highest BCUT2D eigenvalue weighted by molar-refractivity contribution is 5.74. The first-order valence-corrected chi connectivity index (χ1v) is 5.71. The van der Waals surface area contributed by atoms with E-state index in [9.17, 15) is 8.78 Å². The molecule has 2 aromatic carbocycles. The molecule has 19 heavy (non-hydrogen) atoms. The van der Waals surface area contributed by atoms with Crippen LogP contribution in [0.2, 0.25) is 0 Å². The molecule has 0 unspecified atom stereocenters. The first kappa shape index (κ1) is 13.0. The van der Waals surface area contributed by atoms with Crippen LogP contribution >= 0.6 is 0 Å². The summed E-state index contributed by atoms with van der Waals surface area (Å²) in [5.74, 6) is -0.556. The Morgan fingerprint density at radius 2 is 1.42 bits per heavy atom. The van der Waals surface area contributed by atoms with Crippen LogP contribution < -0.4 is 5.32 Å². The van der Waals surface area contributed by atoms with Crippen molar-refractivity contribution in [3.63, 3.8) is 0 Å². The minimum absolute atomic E-state index is 0.271. The summed E-state index contributed by atoms with van der Waals surface area (Å²) < 4.78 is 25.3. The molecule has 0 spiro atoms. The number of allylic oxidation sites excluding steroid dienone is 1. The molecule has 1 N–H and O–H groups in total. The van der Waals surface area contributed by atoms with Crippen molar-refractivity contribution in [2.75, 3.05) is 5.32 Å². The molecule has 0 aliphatic carbocycles. The summed E-state index contributed by atoms with van der Waals surface area (Å²) >= 11 is 0. The van der Waals surface area contributed by atoms with E-state index in [1.165, 1.54) is 24.3 Å². The predicted molar refractivity (Wildman–Crippen MR) is 73.7 cm³/mol. The topological polar surface area (TPSA) is 24.4 Å². The molecule has 96 valence electrons. The van der Waals surface area contributed by atoms with Gasteiger partial charge in [0.25, 0.3) is 0 Å². The summed E-state index contributed by atoms with van der Waals surface area (Å²) in [6.07, 6.45) is 4.97. The second-order valence-electron chi connectivity index (χ2n) is 3.76. The third kappa shape index (κ3) is 4.35. The maximum absolute atomic E-state index is 12.7. The van der Waals surface area contributed by atoms with Gasteiger partial charge in [-0.25, -0.2) is 8.78 Å². The number of anilines is 1. The lowest BCUT2D eigenvalue weighted by molar-refractivity contribution is 0.627. The van der Waals surface area contributed by atoms with Crippen LogP contribution in [0.4, 0.5) is 20.2 Å². The van der Waals surface area contributed by atoms with Crippen LogP contribution in [0.3, 0.4) is 0 Å². The average molecular weight is 258 g/mol. The summed E-state index contributed by atoms with van der Waals surface area (Å²) in [6.45, 7) is 0. The van der Waals surface area contributed by atoms with E-state index in [2.05, 4.69) is 10.3 Å². The molecule has 0 heterocycles. The first-order valence-electron chi connectivity index (χ1n) is 5.71. The lowest BCUT2D eigenvalue weighted by atomic mass is 10.3. The van der Waals surface area contributed by atoms with E-state index in [1.54, 1.807) is 42.8 Å². The van der Waals surface area contributed by atoms with Gasteiger partial charge in [0.05, 0.1) is 5.69 Å². The molecule has 2 nitrogen and oxygen atoms in total. The summed E-state index contributed by atoms with van der Waals surface area (Å²) in [5.41, 5.74) is 1.46. The maximum atomic E-state index is 12.7. The number of rotatable bonds is 4. The van der Waals surface area contributed by atoms with Crippen LogP contribution in [0, 0.1) is 11.6 Å². The summed E-state index contributed by atoms with van der Waals surface area (Å²) in [6, 6.07) is 11.9. The Hall–Kier alpha value is -2.49. The first-order chi connectivity index (χ1) is 9.24. The number of hydrogen-bond donors (Lipinski definition) is 1. The van der Waals surface area contributed by atoms with E-state index in [0.29, 0.717) is 5.69 Å². The number of benzene rings is 2. The normalized spacial score (nSPS) is 11.3. The quantitative estimate of drug-likeness (QED) is 0.813. The van der Waals surface area contributed by atoms with E-state index in [0.717, 1.165) is 5.69 Å². The standard InChI is InChI=1S/C15H12F2N2/c16-12-2-6-14(7-3-12)18-10-1-11-19-15-8-4-13(17)5-9-15/h1-11,18H/b10-1+,19-11?. The number of aliphatic imine (C=N–C) groups is 1. The number of hydrogen-bond acceptors (Lipinski definition) is 2. The predicted octanol–water partition coefficient (Wildman–Crippen LogP) is 4.29. The molecule has 0 saturated heterocycles. The zero-order chi connectivity index (χ0) is 13.5. The zero-order valence-corrected chi connectivity index (χ0v) is 10.1. The van der Waals surface area contributed by atoms with Gasteiger partial charge in [0.2, 0.25) is 0 Å². The van der Waals surface area contributed by atoms with Gasteiger partial charge in [-0.05, 0) is 54.6 Å². The maximum Gasteiger partial charge on any atom is 0.123 e. The van der Waals surface area contributed by atoms with Crippen molar-refractivity contribution in [2.45, 2.75) is 0 Å². The van der Waals surface area contributed by atoms with Gasteiger partial charge in [0.15, 0.2) is 0 Å². The van der Waals surface area contributed by atoms with Gasteiger partial charge in [0, 0.05) is 18.1 Å². The highest BCUT2D eigenvalue weighted by Crippen LogP contribution is 2.11. The van der Waals surface area contributed by atoms with E-state index in [1.807, 2.05) is 0 Å². The van der Waals surface area contributed by atoms with Crippen molar-refractivity contribution in [2.24, 2.45) is 4.99 Å². The van der Waals surface area contributed by atoms with Crippen molar-refractivity contribution in [3.8, 4) is 0 Å². The second-order valence-corrected chi connectivity index (χ2v) is 3.76. The molecule has 0 aliphatic rings. The van der Waals surface area contributed by atoms with Crippen LogP contribution in [-0.2, 0) is 0 Å². The van der Waals surface area contributed by atoms with Gasteiger partial charge in [0.1, 0.15) is 11.6 Å². The van der Waals surface area contributed by atoms with Gasteiger partial charge in [-0.1, -0.05) is 0 Å². The van der Waals surface area contributed by atoms with E-state index in [4.69, 9.17) is 0 Å². The fourth-order valence-electron chi connectivity index (χ4n) is 1.39. The Bertz CT molecular complexity index is 572. The summed E-state index contributed by atoms with van der Waals surface area (Å²) in [7, 11) is 0. The lowest BCUT2D eigenvalue weighted by Gasteiger charge is -1.98. The molecule has 0 fully saturated rings.